The Kier molecular flexibility index (Phi) is 3.51. The van der Waals surface area contributed by atoms with Gasteiger partial charge in [0.15, 0.2) is 0 Å². The van der Waals surface area contributed by atoms with Crippen molar-refractivity contribution in [2.75, 3.05) is 5.73 Å². The molecule has 0 saturated carbocycles. The minimum atomic E-state index is -3.05. The Morgan fingerprint density at radius 2 is 2.24 bits per heavy atom. The summed E-state index contributed by atoms with van der Waals surface area (Å²) in [7, 11) is 0. The van der Waals surface area contributed by atoms with Crippen LogP contribution in [0.5, 0.6) is 0 Å². The van der Waals surface area contributed by atoms with Crippen LogP contribution in [0.2, 0.25) is 0 Å². The number of nitro groups is 1. The van der Waals surface area contributed by atoms with E-state index >= 15 is 0 Å². The van der Waals surface area contributed by atoms with Crippen molar-refractivity contribution in [2.24, 2.45) is 0 Å². The van der Waals surface area contributed by atoms with E-state index in [0.717, 1.165) is 0 Å². The summed E-state index contributed by atoms with van der Waals surface area (Å²) in [5.41, 5.74) is 2.63. The van der Waals surface area contributed by atoms with Crippen molar-refractivity contribution in [1.29, 1.82) is 0 Å². The van der Waals surface area contributed by atoms with Gasteiger partial charge in [-0.1, -0.05) is 0 Å². The van der Waals surface area contributed by atoms with Crippen molar-refractivity contribution in [2.45, 2.75) is 12.8 Å². The first-order chi connectivity index (χ1) is 7.84. The highest BCUT2D eigenvalue weighted by Gasteiger charge is 2.25. The quantitative estimate of drug-likeness (QED) is 0.608. The van der Waals surface area contributed by atoms with E-state index in [0.29, 0.717) is 6.20 Å². The summed E-state index contributed by atoms with van der Waals surface area (Å²) < 4.78 is 25.0. The molecular formula is C8H7F2N3O4. The van der Waals surface area contributed by atoms with Crippen molar-refractivity contribution in [3.63, 3.8) is 0 Å². The van der Waals surface area contributed by atoms with Gasteiger partial charge in [-0.25, -0.2) is 13.8 Å². The number of hydrogen-bond acceptors (Lipinski definition) is 5. The van der Waals surface area contributed by atoms with E-state index in [-0.39, 0.29) is 0 Å². The van der Waals surface area contributed by atoms with Gasteiger partial charge in [0, 0.05) is 5.56 Å². The average Bonchev–Trinajstić information content (AvgIpc) is 2.19. The van der Waals surface area contributed by atoms with Crippen molar-refractivity contribution in [1.82, 2.24) is 4.98 Å². The summed E-state index contributed by atoms with van der Waals surface area (Å²) in [6.45, 7) is 0. The second-order valence-corrected chi connectivity index (χ2v) is 3.05. The Bertz CT molecular complexity index is 478. The summed E-state index contributed by atoms with van der Waals surface area (Å²) >= 11 is 0. The van der Waals surface area contributed by atoms with Crippen molar-refractivity contribution in [3.8, 4) is 0 Å². The van der Waals surface area contributed by atoms with Gasteiger partial charge in [0.05, 0.1) is 11.3 Å². The van der Waals surface area contributed by atoms with Crippen LogP contribution < -0.4 is 5.73 Å². The molecular weight excluding hydrogens is 240 g/mol. The van der Waals surface area contributed by atoms with Crippen LogP contribution in [0.25, 0.3) is 0 Å². The molecule has 9 heteroatoms. The van der Waals surface area contributed by atoms with E-state index in [1.807, 2.05) is 0 Å². The van der Waals surface area contributed by atoms with Gasteiger partial charge in [0.25, 0.3) is 6.43 Å². The van der Waals surface area contributed by atoms with Crippen LogP contribution in [-0.2, 0) is 11.2 Å². The molecule has 0 aromatic carbocycles. The molecule has 0 aliphatic rings. The summed E-state index contributed by atoms with van der Waals surface area (Å²) in [6, 6.07) is 0. The van der Waals surface area contributed by atoms with Crippen molar-refractivity contribution >= 4 is 17.3 Å². The Morgan fingerprint density at radius 3 is 2.65 bits per heavy atom. The lowest BCUT2D eigenvalue weighted by Crippen LogP contribution is -2.11. The smallest absolute Gasteiger partial charge is 0.310 e. The van der Waals surface area contributed by atoms with Crippen molar-refractivity contribution < 1.29 is 23.6 Å². The number of rotatable bonds is 4. The lowest BCUT2D eigenvalue weighted by Gasteiger charge is -2.08. The van der Waals surface area contributed by atoms with Crippen LogP contribution in [0.15, 0.2) is 6.20 Å². The van der Waals surface area contributed by atoms with Gasteiger partial charge in [0.2, 0.25) is 0 Å². The van der Waals surface area contributed by atoms with Crippen LogP contribution in [0.4, 0.5) is 20.2 Å². The van der Waals surface area contributed by atoms with Gasteiger partial charge >= 0.3 is 11.7 Å². The van der Waals surface area contributed by atoms with Gasteiger partial charge in [-0.15, -0.1) is 0 Å². The third-order valence-electron chi connectivity index (χ3n) is 1.97. The molecule has 0 fully saturated rings. The molecule has 0 spiro atoms. The van der Waals surface area contributed by atoms with E-state index in [4.69, 9.17) is 10.8 Å². The Morgan fingerprint density at radius 1 is 1.65 bits per heavy atom. The largest absolute Gasteiger partial charge is 0.481 e. The fourth-order valence-corrected chi connectivity index (χ4v) is 1.24. The summed E-state index contributed by atoms with van der Waals surface area (Å²) in [5, 5.41) is 19.0. The van der Waals surface area contributed by atoms with Gasteiger partial charge in [-0.05, 0) is 0 Å². The summed E-state index contributed by atoms with van der Waals surface area (Å²) in [4.78, 5) is 23.2. The predicted molar refractivity (Wildman–Crippen MR) is 51.6 cm³/mol. The number of aliphatic carboxylic acids is 1. The molecule has 1 aromatic heterocycles. The summed E-state index contributed by atoms with van der Waals surface area (Å²) in [5.74, 6) is -1.43. The number of nitrogen functional groups attached to an aromatic ring is 1. The third-order valence-corrected chi connectivity index (χ3v) is 1.97. The highest BCUT2D eigenvalue weighted by molar-refractivity contribution is 5.76. The molecule has 7 nitrogen and oxygen atoms in total. The number of carboxylic acid groups (broad SMARTS) is 1. The van der Waals surface area contributed by atoms with E-state index in [2.05, 4.69) is 4.98 Å². The maximum Gasteiger partial charge on any atom is 0.310 e. The maximum atomic E-state index is 12.5. The number of carbonyl (C=O) groups is 1. The number of alkyl halides is 2. The molecule has 0 radical (unpaired) electrons. The molecule has 0 amide bonds. The standard InChI is InChI=1S/C8H7F2N3O4/c9-8(10)7-3(1-5(14)15)6(11)4(2-12-7)13(16)17/h2,8H,1H2,(H2,11,12)(H,14,15). The predicted octanol–water partition coefficient (Wildman–Crippen LogP) is 1.14. The van der Waals surface area contributed by atoms with Gasteiger partial charge < -0.3 is 10.8 Å². The first-order valence-corrected chi connectivity index (χ1v) is 4.26. The zero-order valence-electron chi connectivity index (χ0n) is 8.26. The average molecular weight is 247 g/mol. The summed E-state index contributed by atoms with van der Waals surface area (Å²) in [6.07, 6.45) is -3.31. The molecule has 0 aliphatic heterocycles. The number of hydrogen-bond donors (Lipinski definition) is 2. The number of carboxylic acids is 1. The maximum absolute atomic E-state index is 12.5. The highest BCUT2D eigenvalue weighted by atomic mass is 19.3. The van der Waals surface area contributed by atoms with Gasteiger partial charge in [0.1, 0.15) is 17.6 Å². The number of nitrogens with zero attached hydrogens (tertiary/aromatic N) is 2. The molecule has 0 aliphatic carbocycles. The fourth-order valence-electron chi connectivity index (χ4n) is 1.24. The molecule has 0 atom stereocenters. The van der Waals surface area contributed by atoms with Crippen LogP contribution in [0, 0.1) is 10.1 Å². The topological polar surface area (TPSA) is 119 Å². The number of aromatic nitrogens is 1. The number of anilines is 1. The normalized spacial score (nSPS) is 10.5. The van der Waals surface area contributed by atoms with Gasteiger partial charge in [-0.3, -0.25) is 14.9 Å². The minimum Gasteiger partial charge on any atom is -0.481 e. The molecule has 1 heterocycles. The van der Waals surface area contributed by atoms with E-state index in [1.54, 1.807) is 0 Å². The molecule has 92 valence electrons. The molecule has 1 rings (SSSR count). The number of pyridine rings is 1. The molecule has 3 N–H and O–H groups in total. The van der Waals surface area contributed by atoms with E-state index in [9.17, 15) is 23.7 Å². The minimum absolute atomic E-state index is 0.526. The second kappa shape index (κ2) is 4.68. The highest BCUT2D eigenvalue weighted by Crippen LogP contribution is 2.31. The first-order valence-electron chi connectivity index (χ1n) is 4.26. The SMILES string of the molecule is Nc1c([N+](=O)[O-])cnc(C(F)F)c1CC(=O)O. The Hall–Kier alpha value is -2.32. The Balaban J connectivity index is 3.41. The molecule has 0 bridgehead atoms. The lowest BCUT2D eigenvalue weighted by atomic mass is 10.1. The van der Waals surface area contributed by atoms with Crippen LogP contribution >= 0.6 is 0 Å². The molecule has 17 heavy (non-hydrogen) atoms. The first kappa shape index (κ1) is 12.7. The van der Waals surface area contributed by atoms with Crippen LogP contribution in [-0.4, -0.2) is 21.0 Å². The molecule has 0 saturated heterocycles. The zero-order chi connectivity index (χ0) is 13.2. The zero-order valence-corrected chi connectivity index (χ0v) is 8.26. The van der Waals surface area contributed by atoms with E-state index < -0.39 is 46.4 Å². The van der Waals surface area contributed by atoms with Gasteiger partial charge in [-0.2, -0.15) is 0 Å². The number of halogens is 2. The van der Waals surface area contributed by atoms with Crippen LogP contribution in [0.3, 0.4) is 0 Å². The fraction of sp³-hybridized carbons (Fsp3) is 0.250. The molecule has 1 aromatic rings. The monoisotopic (exact) mass is 247 g/mol. The Labute approximate surface area is 93.0 Å². The van der Waals surface area contributed by atoms with E-state index in [1.165, 1.54) is 0 Å². The lowest BCUT2D eigenvalue weighted by molar-refractivity contribution is -0.384. The number of nitrogens with two attached hydrogens (primary N) is 1. The van der Waals surface area contributed by atoms with Crippen molar-refractivity contribution in [3.05, 3.63) is 27.6 Å². The third kappa shape index (κ3) is 2.62. The van der Waals surface area contributed by atoms with Crippen LogP contribution in [0.1, 0.15) is 17.7 Å². The molecule has 0 unspecified atom stereocenters. The second-order valence-electron chi connectivity index (χ2n) is 3.05.